The molecule has 1 aromatic heterocycles. The average molecular weight is 468 g/mol. The fourth-order valence-corrected chi connectivity index (χ4v) is 4.54. The Labute approximate surface area is 202 Å². The molecule has 0 atom stereocenters. The van der Waals surface area contributed by atoms with Crippen molar-refractivity contribution < 1.29 is 14.6 Å². The number of carbonyl (C=O) groups is 1. The molecule has 0 saturated heterocycles. The molecule has 0 aliphatic carbocycles. The topological polar surface area (TPSA) is 51.5 Å². The maximum atomic E-state index is 12.3. The molecule has 176 valence electrons. The molecule has 0 amide bonds. The van der Waals surface area contributed by atoms with Crippen LogP contribution in [0.5, 0.6) is 5.75 Å². The Morgan fingerprint density at radius 3 is 2.21 bits per heavy atom. The van der Waals surface area contributed by atoms with Gasteiger partial charge in [-0.1, -0.05) is 55.3 Å². The summed E-state index contributed by atoms with van der Waals surface area (Å²) in [6.45, 7) is 13.3. The SMILES string of the molecule is Cc1ccc(-c2c(C)c(C(=O)O)n(CCCOc3cc(C)c(Cl)c(C)c3)c2CC(C)C)cc1. The fraction of sp³-hybridized carbons (Fsp3) is 0.393. The van der Waals surface area contributed by atoms with Crippen LogP contribution in [0.3, 0.4) is 0 Å². The van der Waals surface area contributed by atoms with Gasteiger partial charge < -0.3 is 14.4 Å². The van der Waals surface area contributed by atoms with E-state index in [-0.39, 0.29) is 0 Å². The average Bonchev–Trinajstić information content (AvgIpc) is 3.00. The van der Waals surface area contributed by atoms with E-state index < -0.39 is 5.97 Å². The molecule has 1 heterocycles. The summed E-state index contributed by atoms with van der Waals surface area (Å²) in [5, 5.41) is 10.8. The fourth-order valence-electron chi connectivity index (χ4n) is 4.43. The van der Waals surface area contributed by atoms with E-state index in [1.54, 1.807) is 0 Å². The third-order valence-corrected chi connectivity index (χ3v) is 6.56. The molecule has 3 rings (SSSR count). The van der Waals surface area contributed by atoms with Crippen molar-refractivity contribution in [3.8, 4) is 16.9 Å². The van der Waals surface area contributed by atoms with Crippen molar-refractivity contribution in [3.63, 3.8) is 0 Å². The molecule has 0 aliphatic rings. The number of nitrogens with zero attached hydrogens (tertiary/aromatic N) is 1. The lowest BCUT2D eigenvalue weighted by molar-refractivity contribution is 0.0683. The van der Waals surface area contributed by atoms with Crippen molar-refractivity contribution in [2.24, 2.45) is 5.92 Å². The van der Waals surface area contributed by atoms with Gasteiger partial charge in [0.05, 0.1) is 6.61 Å². The van der Waals surface area contributed by atoms with E-state index in [1.165, 1.54) is 5.56 Å². The molecule has 0 bridgehead atoms. The second kappa shape index (κ2) is 10.5. The minimum atomic E-state index is -0.888. The van der Waals surface area contributed by atoms with Crippen LogP contribution in [-0.2, 0) is 13.0 Å². The van der Waals surface area contributed by atoms with Gasteiger partial charge in [0.2, 0.25) is 0 Å². The van der Waals surface area contributed by atoms with Gasteiger partial charge in [0.1, 0.15) is 11.4 Å². The lowest BCUT2D eigenvalue weighted by Gasteiger charge is -2.16. The third kappa shape index (κ3) is 5.62. The number of hydrogen-bond acceptors (Lipinski definition) is 2. The quantitative estimate of drug-likeness (QED) is 0.333. The van der Waals surface area contributed by atoms with Gasteiger partial charge in [0.15, 0.2) is 0 Å². The van der Waals surface area contributed by atoms with E-state index in [2.05, 4.69) is 45.0 Å². The Bertz CT molecular complexity index is 1120. The highest BCUT2D eigenvalue weighted by Crippen LogP contribution is 2.35. The first kappa shape index (κ1) is 24.9. The van der Waals surface area contributed by atoms with Crippen molar-refractivity contribution in [1.82, 2.24) is 4.57 Å². The molecule has 1 N–H and O–H groups in total. The van der Waals surface area contributed by atoms with Gasteiger partial charge in [-0.15, -0.1) is 0 Å². The molecule has 0 saturated carbocycles. The summed E-state index contributed by atoms with van der Waals surface area (Å²) in [5.41, 5.74) is 7.56. The van der Waals surface area contributed by atoms with Crippen molar-refractivity contribution in [1.29, 1.82) is 0 Å². The maximum absolute atomic E-state index is 12.3. The summed E-state index contributed by atoms with van der Waals surface area (Å²) >= 11 is 6.26. The Kier molecular flexibility index (Phi) is 7.91. The molecule has 33 heavy (non-hydrogen) atoms. The van der Waals surface area contributed by atoms with Gasteiger partial charge in [-0.05, 0) is 80.8 Å². The molecule has 0 spiro atoms. The van der Waals surface area contributed by atoms with Crippen LogP contribution < -0.4 is 4.74 Å². The largest absolute Gasteiger partial charge is 0.494 e. The first-order valence-corrected chi connectivity index (χ1v) is 11.9. The first-order valence-electron chi connectivity index (χ1n) is 11.5. The van der Waals surface area contributed by atoms with E-state index in [1.807, 2.05) is 37.5 Å². The number of carboxylic acids is 1. The molecule has 3 aromatic rings. The second-order valence-electron chi connectivity index (χ2n) is 9.29. The summed E-state index contributed by atoms with van der Waals surface area (Å²) in [6, 6.07) is 12.2. The highest BCUT2D eigenvalue weighted by molar-refractivity contribution is 6.32. The van der Waals surface area contributed by atoms with Crippen molar-refractivity contribution in [3.05, 3.63) is 75.1 Å². The Hall–Kier alpha value is -2.72. The van der Waals surface area contributed by atoms with Crippen LogP contribution in [0.1, 0.15) is 58.7 Å². The van der Waals surface area contributed by atoms with E-state index in [0.29, 0.717) is 31.2 Å². The zero-order chi connectivity index (χ0) is 24.3. The van der Waals surface area contributed by atoms with Crippen LogP contribution in [0.2, 0.25) is 5.02 Å². The minimum absolute atomic E-state index is 0.374. The van der Waals surface area contributed by atoms with Gasteiger partial charge in [-0.25, -0.2) is 4.79 Å². The van der Waals surface area contributed by atoms with Crippen LogP contribution in [0.15, 0.2) is 36.4 Å². The summed E-state index contributed by atoms with van der Waals surface area (Å²) in [4.78, 5) is 12.3. The summed E-state index contributed by atoms with van der Waals surface area (Å²) in [7, 11) is 0. The first-order chi connectivity index (χ1) is 15.6. The lowest BCUT2D eigenvalue weighted by Crippen LogP contribution is -2.15. The number of aromatic nitrogens is 1. The van der Waals surface area contributed by atoms with Gasteiger partial charge in [-0.2, -0.15) is 0 Å². The van der Waals surface area contributed by atoms with E-state index in [9.17, 15) is 9.90 Å². The second-order valence-corrected chi connectivity index (χ2v) is 9.67. The van der Waals surface area contributed by atoms with Crippen LogP contribution in [-0.4, -0.2) is 22.2 Å². The minimum Gasteiger partial charge on any atom is -0.494 e. The summed E-state index contributed by atoms with van der Waals surface area (Å²) in [5.74, 6) is 0.306. The number of benzene rings is 2. The standard InChI is InChI=1S/C28H34ClNO3/c1-17(2)14-24-25(22-10-8-18(3)9-11-22)21(6)27(28(31)32)30(24)12-7-13-33-23-15-19(4)26(29)20(5)16-23/h8-11,15-17H,7,12-14H2,1-6H3,(H,31,32). The summed E-state index contributed by atoms with van der Waals surface area (Å²) < 4.78 is 7.98. The number of rotatable bonds is 9. The molecule has 0 fully saturated rings. The number of ether oxygens (including phenoxy) is 1. The molecule has 4 nitrogen and oxygen atoms in total. The highest BCUT2D eigenvalue weighted by Gasteiger charge is 2.25. The Balaban J connectivity index is 1.90. The van der Waals surface area contributed by atoms with E-state index >= 15 is 0 Å². The molecule has 5 heteroatoms. The predicted molar refractivity (Wildman–Crippen MR) is 136 cm³/mol. The highest BCUT2D eigenvalue weighted by atomic mass is 35.5. The van der Waals surface area contributed by atoms with Crippen LogP contribution in [0, 0.1) is 33.6 Å². The summed E-state index contributed by atoms with van der Waals surface area (Å²) in [6.07, 6.45) is 1.52. The van der Waals surface area contributed by atoms with Crippen LogP contribution >= 0.6 is 11.6 Å². The Morgan fingerprint density at radius 2 is 1.67 bits per heavy atom. The molecule has 0 unspecified atom stereocenters. The van der Waals surface area contributed by atoms with Crippen LogP contribution in [0.25, 0.3) is 11.1 Å². The molecular formula is C28H34ClNO3. The number of hydrogen-bond donors (Lipinski definition) is 1. The van der Waals surface area contributed by atoms with Gasteiger partial charge in [0.25, 0.3) is 0 Å². The van der Waals surface area contributed by atoms with Gasteiger partial charge in [0, 0.05) is 22.8 Å². The van der Waals surface area contributed by atoms with E-state index in [4.69, 9.17) is 16.3 Å². The Morgan fingerprint density at radius 1 is 1.06 bits per heavy atom. The third-order valence-electron chi connectivity index (χ3n) is 5.96. The molecule has 2 aromatic carbocycles. The number of carboxylic acid groups (broad SMARTS) is 1. The molecule has 0 aliphatic heterocycles. The smallest absolute Gasteiger partial charge is 0.352 e. The zero-order valence-electron chi connectivity index (χ0n) is 20.5. The molecular weight excluding hydrogens is 434 g/mol. The van der Waals surface area contributed by atoms with E-state index in [0.717, 1.165) is 50.7 Å². The number of aromatic carboxylic acids is 1. The number of halogens is 1. The normalized spacial score (nSPS) is 11.3. The molecule has 0 radical (unpaired) electrons. The van der Waals surface area contributed by atoms with Crippen molar-refractivity contribution >= 4 is 17.6 Å². The predicted octanol–water partition coefficient (Wildman–Crippen LogP) is 7.41. The van der Waals surface area contributed by atoms with Crippen LogP contribution in [0.4, 0.5) is 0 Å². The zero-order valence-corrected chi connectivity index (χ0v) is 21.2. The van der Waals surface area contributed by atoms with Crippen molar-refractivity contribution in [2.75, 3.05) is 6.61 Å². The van der Waals surface area contributed by atoms with Crippen molar-refractivity contribution in [2.45, 2.75) is 60.9 Å². The van der Waals surface area contributed by atoms with Gasteiger partial charge >= 0.3 is 5.97 Å². The number of aryl methyl sites for hydroxylation is 3. The lowest BCUT2D eigenvalue weighted by atomic mass is 9.96. The monoisotopic (exact) mass is 467 g/mol. The van der Waals surface area contributed by atoms with Gasteiger partial charge in [-0.3, -0.25) is 0 Å². The maximum Gasteiger partial charge on any atom is 0.352 e.